The molecule has 0 aromatic rings. The zero-order valence-corrected chi connectivity index (χ0v) is 21.2. The minimum atomic E-state index is 0.231. The third-order valence-corrected chi connectivity index (χ3v) is 8.04. The van der Waals surface area contributed by atoms with Gasteiger partial charge in [-0.05, 0) is 79.6 Å². The molecule has 0 radical (unpaired) electrons. The van der Waals surface area contributed by atoms with Crippen LogP contribution in [0.4, 0.5) is 0 Å². The molecule has 1 heteroatoms. The SMILES string of the molecule is C=C1CCCC(C)(C)C1C(CC)CC.CCC(CC)C1=C(C)C(=O)CCC1(C)C. The van der Waals surface area contributed by atoms with Gasteiger partial charge in [0.05, 0.1) is 0 Å². The average molecular weight is 403 g/mol. The Morgan fingerprint density at radius 1 is 0.931 bits per heavy atom. The molecule has 2 rings (SSSR count). The molecule has 0 bridgehead atoms. The van der Waals surface area contributed by atoms with Crippen LogP contribution in [0.3, 0.4) is 0 Å². The molecule has 0 aliphatic heterocycles. The molecule has 1 unspecified atom stereocenters. The van der Waals surface area contributed by atoms with E-state index in [1.165, 1.54) is 43.3 Å². The van der Waals surface area contributed by atoms with E-state index in [0.29, 0.717) is 17.1 Å². The number of ketones is 1. The quantitative estimate of drug-likeness (QED) is 0.405. The van der Waals surface area contributed by atoms with Gasteiger partial charge in [0, 0.05) is 6.42 Å². The van der Waals surface area contributed by atoms with Gasteiger partial charge in [0.1, 0.15) is 0 Å². The highest BCUT2D eigenvalue weighted by Crippen LogP contribution is 2.48. The minimum Gasteiger partial charge on any atom is -0.295 e. The van der Waals surface area contributed by atoms with E-state index in [4.69, 9.17) is 0 Å². The van der Waals surface area contributed by atoms with Gasteiger partial charge in [-0.1, -0.05) is 86.0 Å². The molecule has 1 atom stereocenters. The van der Waals surface area contributed by atoms with Crippen molar-refractivity contribution >= 4 is 5.78 Å². The first-order chi connectivity index (χ1) is 13.5. The van der Waals surface area contributed by atoms with Crippen LogP contribution in [0.1, 0.15) is 120 Å². The fourth-order valence-corrected chi connectivity index (χ4v) is 6.33. The van der Waals surface area contributed by atoms with E-state index in [9.17, 15) is 4.79 Å². The van der Waals surface area contributed by atoms with E-state index < -0.39 is 0 Å². The lowest BCUT2D eigenvalue weighted by atomic mass is 9.61. The lowest BCUT2D eigenvalue weighted by molar-refractivity contribution is -0.116. The van der Waals surface area contributed by atoms with Crippen LogP contribution in [-0.4, -0.2) is 5.78 Å². The smallest absolute Gasteiger partial charge is 0.158 e. The molecule has 0 amide bonds. The second-order valence-corrected chi connectivity index (χ2v) is 10.9. The van der Waals surface area contributed by atoms with Crippen LogP contribution in [0, 0.1) is 28.6 Å². The van der Waals surface area contributed by atoms with Crippen LogP contribution in [0.2, 0.25) is 0 Å². The van der Waals surface area contributed by atoms with E-state index in [1.807, 2.05) is 6.92 Å². The second kappa shape index (κ2) is 11.0. The van der Waals surface area contributed by atoms with Crippen LogP contribution in [0.15, 0.2) is 23.3 Å². The standard InChI is InChI=1S/C14H24O.C14H26/c1-6-11(7-2)13-10(3)12(15)8-9-14(13,4)5;1-6-12(7-2)13-11(3)9-8-10-14(13,4)5/h11H,6-9H2,1-5H3;12-13H,3,6-10H2,1-2,4-5H3. The summed E-state index contributed by atoms with van der Waals surface area (Å²) in [7, 11) is 0. The summed E-state index contributed by atoms with van der Waals surface area (Å²) in [4.78, 5) is 11.8. The normalized spacial score (nSPS) is 24.0. The molecule has 0 aromatic carbocycles. The van der Waals surface area contributed by atoms with Crippen molar-refractivity contribution in [1.29, 1.82) is 0 Å². The number of allylic oxidation sites excluding steroid dienone is 3. The van der Waals surface area contributed by atoms with E-state index in [0.717, 1.165) is 43.1 Å². The van der Waals surface area contributed by atoms with Gasteiger partial charge in [0.2, 0.25) is 0 Å². The summed E-state index contributed by atoms with van der Waals surface area (Å²) in [5.41, 5.74) is 4.74. The zero-order valence-electron chi connectivity index (χ0n) is 21.2. The molecular weight excluding hydrogens is 352 g/mol. The summed E-state index contributed by atoms with van der Waals surface area (Å²) in [6.45, 7) is 24.9. The van der Waals surface area contributed by atoms with Crippen LogP contribution in [-0.2, 0) is 4.79 Å². The fourth-order valence-electron chi connectivity index (χ4n) is 6.33. The lowest BCUT2D eigenvalue weighted by Gasteiger charge is -2.44. The predicted molar refractivity (Wildman–Crippen MR) is 129 cm³/mol. The van der Waals surface area contributed by atoms with E-state index in [-0.39, 0.29) is 5.41 Å². The Labute approximate surface area is 182 Å². The van der Waals surface area contributed by atoms with E-state index in [2.05, 4.69) is 62.0 Å². The maximum atomic E-state index is 11.8. The number of rotatable bonds is 6. The maximum absolute atomic E-state index is 11.8. The zero-order chi connectivity index (χ0) is 22.4. The Hall–Kier alpha value is -0.850. The number of Topliss-reactive ketones (excluding diaryl/α,β-unsaturated/α-hetero) is 1. The van der Waals surface area contributed by atoms with E-state index in [1.54, 1.807) is 0 Å². The minimum absolute atomic E-state index is 0.231. The van der Waals surface area contributed by atoms with Gasteiger partial charge in [-0.3, -0.25) is 4.79 Å². The first-order valence-electron chi connectivity index (χ1n) is 12.4. The number of hydrogen-bond donors (Lipinski definition) is 0. The Morgan fingerprint density at radius 3 is 1.93 bits per heavy atom. The molecule has 2 aliphatic carbocycles. The summed E-state index contributed by atoms with van der Waals surface area (Å²) >= 11 is 0. The van der Waals surface area contributed by atoms with Gasteiger partial charge in [0.25, 0.3) is 0 Å². The average Bonchev–Trinajstić information content (AvgIpc) is 2.65. The first kappa shape index (κ1) is 26.2. The van der Waals surface area contributed by atoms with E-state index >= 15 is 0 Å². The van der Waals surface area contributed by atoms with Crippen molar-refractivity contribution in [3.63, 3.8) is 0 Å². The molecule has 0 spiro atoms. The van der Waals surface area contributed by atoms with Crippen molar-refractivity contribution in [2.75, 3.05) is 0 Å². The van der Waals surface area contributed by atoms with Gasteiger partial charge >= 0.3 is 0 Å². The monoisotopic (exact) mass is 402 g/mol. The molecule has 1 nitrogen and oxygen atoms in total. The summed E-state index contributed by atoms with van der Waals surface area (Å²) in [5.74, 6) is 2.60. The van der Waals surface area contributed by atoms with Crippen molar-refractivity contribution in [2.24, 2.45) is 28.6 Å². The highest BCUT2D eigenvalue weighted by molar-refractivity contribution is 5.96. The van der Waals surface area contributed by atoms with Gasteiger partial charge in [-0.15, -0.1) is 0 Å². The molecule has 1 saturated carbocycles. The molecule has 0 N–H and O–H groups in total. The van der Waals surface area contributed by atoms with Crippen LogP contribution < -0.4 is 0 Å². The predicted octanol–water partition coefficient (Wildman–Crippen LogP) is 8.93. The molecule has 168 valence electrons. The number of hydrogen-bond acceptors (Lipinski definition) is 1. The summed E-state index contributed by atoms with van der Waals surface area (Å²) in [6.07, 6.45) is 10.7. The lowest BCUT2D eigenvalue weighted by Crippen LogP contribution is -2.34. The molecule has 0 heterocycles. The molecule has 0 aromatic heterocycles. The molecule has 0 saturated heterocycles. The summed E-state index contributed by atoms with van der Waals surface area (Å²) < 4.78 is 0. The molecule has 29 heavy (non-hydrogen) atoms. The van der Waals surface area contributed by atoms with Gasteiger partial charge < -0.3 is 0 Å². The van der Waals surface area contributed by atoms with Crippen molar-refractivity contribution < 1.29 is 4.79 Å². The summed E-state index contributed by atoms with van der Waals surface area (Å²) in [6, 6.07) is 0. The molecular formula is C28H50O. The van der Waals surface area contributed by atoms with Crippen molar-refractivity contribution in [1.82, 2.24) is 0 Å². The Balaban J connectivity index is 0.000000291. The second-order valence-electron chi connectivity index (χ2n) is 10.9. The van der Waals surface area contributed by atoms with Gasteiger partial charge in [0.15, 0.2) is 5.78 Å². The summed E-state index contributed by atoms with van der Waals surface area (Å²) in [5, 5.41) is 0. The van der Waals surface area contributed by atoms with Crippen LogP contribution in [0.25, 0.3) is 0 Å². The van der Waals surface area contributed by atoms with Crippen molar-refractivity contribution in [3.05, 3.63) is 23.3 Å². The molecule has 2 aliphatic rings. The van der Waals surface area contributed by atoms with Crippen molar-refractivity contribution in [3.8, 4) is 0 Å². The number of carbonyl (C=O) groups excluding carboxylic acids is 1. The highest BCUT2D eigenvalue weighted by Gasteiger charge is 2.38. The Bertz CT molecular complexity index is 581. The topological polar surface area (TPSA) is 17.1 Å². The van der Waals surface area contributed by atoms with Crippen LogP contribution >= 0.6 is 0 Å². The van der Waals surface area contributed by atoms with Crippen molar-refractivity contribution in [2.45, 2.75) is 120 Å². The first-order valence-corrected chi connectivity index (χ1v) is 12.4. The third kappa shape index (κ3) is 6.31. The Kier molecular flexibility index (Phi) is 9.90. The maximum Gasteiger partial charge on any atom is 0.158 e. The van der Waals surface area contributed by atoms with Gasteiger partial charge in [-0.25, -0.2) is 0 Å². The largest absolute Gasteiger partial charge is 0.295 e. The number of carbonyl (C=O) groups is 1. The highest BCUT2D eigenvalue weighted by atomic mass is 16.1. The van der Waals surface area contributed by atoms with Gasteiger partial charge in [-0.2, -0.15) is 0 Å². The Morgan fingerprint density at radius 2 is 1.48 bits per heavy atom. The fraction of sp³-hybridized carbons (Fsp3) is 0.821. The third-order valence-electron chi connectivity index (χ3n) is 8.04. The van der Waals surface area contributed by atoms with Crippen LogP contribution in [0.5, 0.6) is 0 Å². The molecule has 1 fully saturated rings.